The summed E-state index contributed by atoms with van der Waals surface area (Å²) in [5.74, 6) is -1.67. The van der Waals surface area contributed by atoms with Gasteiger partial charge in [0.05, 0.1) is 5.25 Å². The van der Waals surface area contributed by atoms with Gasteiger partial charge in [-0.15, -0.1) is 0 Å². The van der Waals surface area contributed by atoms with Gasteiger partial charge in [-0.3, -0.25) is 0 Å². The first-order valence-electron chi connectivity index (χ1n) is 3.71. The lowest BCUT2D eigenvalue weighted by Gasteiger charge is -2.33. The quantitative estimate of drug-likeness (QED) is 0.682. The number of methoxy groups -OCH3 is 3. The Balaban J connectivity index is 4.52. The van der Waals surface area contributed by atoms with Crippen LogP contribution in [0.3, 0.4) is 0 Å². The molecule has 86 valence electrons. The van der Waals surface area contributed by atoms with Crippen molar-refractivity contribution in [3.63, 3.8) is 0 Å². The summed E-state index contributed by atoms with van der Waals surface area (Å²) in [7, 11) is 3.67. The van der Waals surface area contributed by atoms with E-state index in [0.29, 0.717) is 0 Å². The zero-order valence-corrected chi connectivity index (χ0v) is 9.16. The van der Waals surface area contributed by atoms with E-state index in [0.717, 1.165) is 0 Å². The molecule has 0 bridgehead atoms. The van der Waals surface area contributed by atoms with Crippen molar-refractivity contribution >= 4 is 11.8 Å². The maximum atomic E-state index is 12.0. The molecule has 0 rings (SSSR count). The van der Waals surface area contributed by atoms with Gasteiger partial charge in [0.2, 0.25) is 0 Å². The molecule has 0 aromatic carbocycles. The zero-order chi connectivity index (χ0) is 11.4. The molecule has 0 fully saturated rings. The van der Waals surface area contributed by atoms with Crippen molar-refractivity contribution in [3.8, 4) is 0 Å². The number of ether oxygens (including phenoxy) is 3. The largest absolute Gasteiger partial charge is 0.442 e. The molecule has 1 unspecified atom stereocenters. The number of alkyl halides is 3. The standard InChI is InChI=1S/C7H13F3O3S/c1-5(14-7(8,9)10)6(11-2,12-3)13-4/h5H,1-4H3. The van der Waals surface area contributed by atoms with Gasteiger partial charge in [0, 0.05) is 21.3 Å². The predicted molar refractivity (Wildman–Crippen MR) is 46.9 cm³/mol. The summed E-state index contributed by atoms with van der Waals surface area (Å²) in [6.45, 7) is 1.31. The number of thioether (sulfide) groups is 1. The Kier molecular flexibility index (Phi) is 5.21. The molecule has 0 saturated heterocycles. The molecular weight excluding hydrogens is 221 g/mol. The van der Waals surface area contributed by atoms with Crippen molar-refractivity contribution in [1.29, 1.82) is 0 Å². The SMILES string of the molecule is COC(OC)(OC)C(C)SC(F)(F)F. The van der Waals surface area contributed by atoms with E-state index in [1.165, 1.54) is 28.3 Å². The number of hydrogen-bond acceptors (Lipinski definition) is 4. The van der Waals surface area contributed by atoms with Gasteiger partial charge in [0.1, 0.15) is 0 Å². The number of rotatable bonds is 5. The van der Waals surface area contributed by atoms with E-state index in [-0.39, 0.29) is 11.8 Å². The van der Waals surface area contributed by atoms with Crippen molar-refractivity contribution in [2.24, 2.45) is 0 Å². The molecule has 0 aliphatic heterocycles. The Morgan fingerprint density at radius 3 is 1.57 bits per heavy atom. The molecular formula is C7H13F3O3S. The smallest absolute Gasteiger partial charge is 0.330 e. The fourth-order valence-corrected chi connectivity index (χ4v) is 1.85. The lowest BCUT2D eigenvalue weighted by molar-refractivity contribution is -0.349. The topological polar surface area (TPSA) is 27.7 Å². The molecule has 0 amide bonds. The maximum Gasteiger partial charge on any atom is 0.442 e. The van der Waals surface area contributed by atoms with Crippen LogP contribution in [0.4, 0.5) is 13.2 Å². The van der Waals surface area contributed by atoms with Crippen molar-refractivity contribution < 1.29 is 27.4 Å². The first-order valence-corrected chi connectivity index (χ1v) is 4.59. The third-order valence-electron chi connectivity index (χ3n) is 1.66. The monoisotopic (exact) mass is 234 g/mol. The fraction of sp³-hybridized carbons (Fsp3) is 1.00. The van der Waals surface area contributed by atoms with Gasteiger partial charge < -0.3 is 14.2 Å². The molecule has 0 aromatic heterocycles. The molecule has 0 spiro atoms. The highest BCUT2D eigenvalue weighted by Gasteiger charge is 2.44. The Bertz CT molecular complexity index is 162. The summed E-state index contributed by atoms with van der Waals surface area (Å²) in [5, 5.41) is -1.03. The van der Waals surface area contributed by atoms with Crippen LogP contribution >= 0.6 is 11.8 Å². The van der Waals surface area contributed by atoms with Crippen LogP contribution in [0.5, 0.6) is 0 Å². The van der Waals surface area contributed by atoms with Gasteiger partial charge in [0.15, 0.2) is 0 Å². The van der Waals surface area contributed by atoms with E-state index in [2.05, 4.69) is 0 Å². The van der Waals surface area contributed by atoms with Gasteiger partial charge in [-0.05, 0) is 18.7 Å². The minimum atomic E-state index is -4.35. The van der Waals surface area contributed by atoms with Crippen LogP contribution in [-0.2, 0) is 14.2 Å². The second-order valence-corrected chi connectivity index (χ2v) is 3.83. The molecule has 0 saturated carbocycles. The fourth-order valence-electron chi connectivity index (χ4n) is 1.02. The minimum Gasteiger partial charge on any atom is -0.330 e. The van der Waals surface area contributed by atoms with Crippen LogP contribution in [0.25, 0.3) is 0 Å². The van der Waals surface area contributed by atoms with Crippen LogP contribution in [-0.4, -0.2) is 38.1 Å². The van der Waals surface area contributed by atoms with Crippen molar-refractivity contribution in [2.45, 2.75) is 23.7 Å². The van der Waals surface area contributed by atoms with E-state index in [4.69, 9.17) is 14.2 Å². The van der Waals surface area contributed by atoms with Gasteiger partial charge >= 0.3 is 5.51 Å². The Hall–Kier alpha value is 0.0200. The second-order valence-electron chi connectivity index (χ2n) is 2.42. The van der Waals surface area contributed by atoms with Crippen molar-refractivity contribution in [2.75, 3.05) is 21.3 Å². The van der Waals surface area contributed by atoms with Crippen LogP contribution in [0.1, 0.15) is 6.92 Å². The lowest BCUT2D eigenvalue weighted by atomic mass is 10.4. The first-order chi connectivity index (χ1) is 6.31. The highest BCUT2D eigenvalue weighted by atomic mass is 32.2. The Labute approximate surface area is 84.9 Å². The summed E-state index contributed by atoms with van der Waals surface area (Å²) < 4.78 is 50.5. The van der Waals surface area contributed by atoms with Crippen molar-refractivity contribution in [3.05, 3.63) is 0 Å². The minimum absolute atomic E-state index is 0.238. The van der Waals surface area contributed by atoms with E-state index < -0.39 is 16.7 Å². The number of hydrogen-bond donors (Lipinski definition) is 0. The van der Waals surface area contributed by atoms with E-state index >= 15 is 0 Å². The third kappa shape index (κ3) is 3.64. The average Bonchev–Trinajstić information content (AvgIpc) is 2.05. The molecule has 14 heavy (non-hydrogen) atoms. The van der Waals surface area contributed by atoms with Crippen LogP contribution in [0, 0.1) is 0 Å². The molecule has 1 atom stereocenters. The molecule has 7 heteroatoms. The molecule has 0 radical (unpaired) electrons. The third-order valence-corrected chi connectivity index (χ3v) is 2.57. The van der Waals surface area contributed by atoms with Crippen LogP contribution in [0.15, 0.2) is 0 Å². The molecule has 3 nitrogen and oxygen atoms in total. The average molecular weight is 234 g/mol. The summed E-state index contributed by atoms with van der Waals surface area (Å²) in [6.07, 6.45) is 0. The zero-order valence-electron chi connectivity index (χ0n) is 8.34. The van der Waals surface area contributed by atoms with Gasteiger partial charge in [-0.1, -0.05) is 0 Å². The first kappa shape index (κ1) is 14.0. The molecule has 0 aromatic rings. The van der Waals surface area contributed by atoms with Crippen molar-refractivity contribution in [1.82, 2.24) is 0 Å². The van der Waals surface area contributed by atoms with E-state index in [1.807, 2.05) is 0 Å². The second kappa shape index (κ2) is 5.20. The molecule has 0 N–H and O–H groups in total. The van der Waals surface area contributed by atoms with Gasteiger partial charge in [-0.25, -0.2) is 0 Å². The van der Waals surface area contributed by atoms with Crippen LogP contribution < -0.4 is 0 Å². The summed E-state index contributed by atoms with van der Waals surface area (Å²) >= 11 is -0.238. The number of halogens is 3. The molecule has 0 aliphatic carbocycles. The Morgan fingerprint density at radius 1 is 1.00 bits per heavy atom. The highest BCUT2D eigenvalue weighted by Crippen LogP contribution is 2.39. The predicted octanol–water partition coefficient (Wildman–Crippen LogP) is 2.22. The maximum absolute atomic E-state index is 12.0. The highest BCUT2D eigenvalue weighted by molar-refractivity contribution is 8.00. The van der Waals surface area contributed by atoms with Crippen LogP contribution in [0.2, 0.25) is 0 Å². The van der Waals surface area contributed by atoms with Gasteiger partial charge in [0.25, 0.3) is 5.97 Å². The molecule has 0 heterocycles. The normalized spacial score (nSPS) is 15.6. The van der Waals surface area contributed by atoms with E-state index in [9.17, 15) is 13.2 Å². The summed E-state index contributed by atoms with van der Waals surface area (Å²) in [5.41, 5.74) is -4.35. The Morgan fingerprint density at radius 2 is 1.36 bits per heavy atom. The lowest BCUT2D eigenvalue weighted by Crippen LogP contribution is -2.45. The molecule has 0 aliphatic rings. The van der Waals surface area contributed by atoms with Gasteiger partial charge in [-0.2, -0.15) is 13.2 Å². The summed E-state index contributed by atoms with van der Waals surface area (Å²) in [6, 6.07) is 0. The van der Waals surface area contributed by atoms with E-state index in [1.54, 1.807) is 0 Å². The summed E-state index contributed by atoms with van der Waals surface area (Å²) in [4.78, 5) is 0.